The Morgan fingerprint density at radius 2 is 1.70 bits per heavy atom. The molecule has 0 spiro atoms. The second kappa shape index (κ2) is 9.30. The Kier molecular flexibility index (Phi) is 7.75. The fourth-order valence-electron chi connectivity index (χ4n) is 2.21. The molecule has 0 aromatic heterocycles. The molecule has 2 aromatic carbocycles. The number of aryl methyl sites for hydroxylation is 1. The molecule has 4 N–H and O–H groups in total. The Morgan fingerprint density at radius 3 is 2.30 bits per heavy atom. The van der Waals surface area contributed by atoms with E-state index in [-0.39, 0.29) is 37.3 Å². The second-order valence-electron chi connectivity index (χ2n) is 5.45. The Balaban J connectivity index is 0.00000264. The van der Waals surface area contributed by atoms with E-state index >= 15 is 0 Å². The fraction of sp³-hybridized carbons (Fsp3) is 0.278. The number of hydrogen-bond donors (Lipinski definition) is 3. The average Bonchev–Trinajstić information content (AvgIpc) is 2.54. The Morgan fingerprint density at radius 1 is 1.09 bits per heavy atom. The predicted molar refractivity (Wildman–Crippen MR) is 94.4 cm³/mol. The first kappa shape index (κ1) is 19.2. The van der Waals surface area contributed by atoms with Crippen LogP contribution in [0.5, 0.6) is 0 Å². The summed E-state index contributed by atoms with van der Waals surface area (Å²) in [6.45, 7) is 2.17. The highest BCUT2D eigenvalue weighted by Gasteiger charge is 2.13. The van der Waals surface area contributed by atoms with Crippen LogP contribution in [0, 0.1) is 6.92 Å². The Bertz CT molecular complexity index is 602. The lowest BCUT2D eigenvalue weighted by atomic mass is 10.0. The molecule has 0 saturated heterocycles. The molecule has 5 heteroatoms. The molecule has 0 aliphatic heterocycles. The molecule has 2 unspecified atom stereocenters. The van der Waals surface area contributed by atoms with Crippen molar-refractivity contribution in [2.45, 2.75) is 25.5 Å². The van der Waals surface area contributed by atoms with Crippen molar-refractivity contribution in [1.82, 2.24) is 5.32 Å². The summed E-state index contributed by atoms with van der Waals surface area (Å²) in [4.78, 5) is 11.9. The maximum atomic E-state index is 11.9. The third kappa shape index (κ3) is 6.02. The molecular weight excluding hydrogens is 312 g/mol. The van der Waals surface area contributed by atoms with E-state index in [1.807, 2.05) is 61.5 Å². The number of benzene rings is 2. The number of nitrogens with one attached hydrogen (secondary N) is 1. The lowest BCUT2D eigenvalue weighted by Crippen LogP contribution is -2.31. The number of rotatable bonds is 6. The van der Waals surface area contributed by atoms with Crippen LogP contribution in [-0.2, 0) is 4.79 Å². The minimum atomic E-state index is -0.711. The quantitative estimate of drug-likeness (QED) is 0.760. The summed E-state index contributed by atoms with van der Waals surface area (Å²) in [5.74, 6) is -0.164. The highest BCUT2D eigenvalue weighted by atomic mass is 35.5. The number of aliphatic hydroxyl groups excluding tert-OH is 1. The second-order valence-corrected chi connectivity index (χ2v) is 5.45. The van der Waals surface area contributed by atoms with Gasteiger partial charge in [0.25, 0.3) is 0 Å². The zero-order valence-electron chi connectivity index (χ0n) is 13.1. The first-order chi connectivity index (χ1) is 10.6. The van der Waals surface area contributed by atoms with Gasteiger partial charge in [-0.05, 0) is 18.1 Å². The molecule has 0 aliphatic rings. The van der Waals surface area contributed by atoms with E-state index in [4.69, 9.17) is 5.73 Å². The number of aliphatic hydroxyl groups is 1. The zero-order valence-corrected chi connectivity index (χ0v) is 13.9. The van der Waals surface area contributed by atoms with Crippen molar-refractivity contribution in [3.63, 3.8) is 0 Å². The van der Waals surface area contributed by atoms with Crippen molar-refractivity contribution in [3.05, 3.63) is 71.3 Å². The molecule has 0 heterocycles. The van der Waals surface area contributed by atoms with Crippen LogP contribution in [0.25, 0.3) is 0 Å². The smallest absolute Gasteiger partial charge is 0.222 e. The molecule has 2 aromatic rings. The Hall–Kier alpha value is -1.88. The van der Waals surface area contributed by atoms with Crippen LogP contribution in [0.15, 0.2) is 54.6 Å². The van der Waals surface area contributed by atoms with Gasteiger partial charge in [-0.2, -0.15) is 0 Å². The van der Waals surface area contributed by atoms with E-state index < -0.39 is 6.10 Å². The molecule has 0 bridgehead atoms. The number of nitrogens with two attached hydrogens (primary N) is 1. The molecule has 0 aliphatic carbocycles. The lowest BCUT2D eigenvalue weighted by Gasteiger charge is -2.15. The molecule has 0 saturated carbocycles. The summed E-state index contributed by atoms with van der Waals surface area (Å²) in [5, 5.41) is 12.8. The molecule has 0 radical (unpaired) electrons. The van der Waals surface area contributed by atoms with E-state index in [0.717, 1.165) is 16.7 Å². The van der Waals surface area contributed by atoms with Crippen LogP contribution < -0.4 is 11.1 Å². The van der Waals surface area contributed by atoms with Gasteiger partial charge in [0, 0.05) is 19.0 Å². The fourth-order valence-corrected chi connectivity index (χ4v) is 2.21. The summed E-state index contributed by atoms with van der Waals surface area (Å²) in [5.41, 5.74) is 8.86. The number of carbonyl (C=O) groups is 1. The largest absolute Gasteiger partial charge is 0.387 e. The summed E-state index contributed by atoms with van der Waals surface area (Å²) in [6.07, 6.45) is -0.512. The predicted octanol–water partition coefficient (Wildman–Crippen LogP) is 2.66. The maximum absolute atomic E-state index is 11.9. The summed E-state index contributed by atoms with van der Waals surface area (Å²) in [6, 6.07) is 16.8. The van der Waals surface area contributed by atoms with Crippen molar-refractivity contribution in [2.24, 2.45) is 5.73 Å². The van der Waals surface area contributed by atoms with E-state index in [1.165, 1.54) is 0 Å². The summed E-state index contributed by atoms with van der Waals surface area (Å²) in [7, 11) is 0. The SMILES string of the molecule is Cc1ccc(C(O)CNC(=O)CC(N)c2ccccc2)cc1.Cl. The molecule has 23 heavy (non-hydrogen) atoms. The van der Waals surface area contributed by atoms with Gasteiger partial charge in [0.2, 0.25) is 5.91 Å². The van der Waals surface area contributed by atoms with Gasteiger partial charge in [-0.1, -0.05) is 60.2 Å². The van der Waals surface area contributed by atoms with Gasteiger partial charge in [0.15, 0.2) is 0 Å². The minimum absolute atomic E-state index is 0. The summed E-state index contributed by atoms with van der Waals surface area (Å²) < 4.78 is 0. The molecule has 2 rings (SSSR count). The highest BCUT2D eigenvalue weighted by Crippen LogP contribution is 2.14. The van der Waals surface area contributed by atoms with Crippen molar-refractivity contribution >= 4 is 18.3 Å². The minimum Gasteiger partial charge on any atom is -0.387 e. The number of amides is 1. The van der Waals surface area contributed by atoms with Gasteiger partial charge in [0.05, 0.1) is 6.10 Å². The van der Waals surface area contributed by atoms with E-state index in [2.05, 4.69) is 5.32 Å². The van der Waals surface area contributed by atoms with Gasteiger partial charge in [-0.3, -0.25) is 4.79 Å². The van der Waals surface area contributed by atoms with Crippen LogP contribution in [0.2, 0.25) is 0 Å². The van der Waals surface area contributed by atoms with Crippen molar-refractivity contribution in [1.29, 1.82) is 0 Å². The first-order valence-corrected chi connectivity index (χ1v) is 7.38. The number of halogens is 1. The standard InChI is InChI=1S/C18H22N2O2.ClH/c1-13-7-9-15(10-8-13)17(21)12-20-18(22)11-16(19)14-5-3-2-4-6-14;/h2-10,16-17,21H,11-12,19H2,1H3,(H,20,22);1H. The van der Waals surface area contributed by atoms with Crippen LogP contribution in [-0.4, -0.2) is 17.6 Å². The number of carbonyl (C=O) groups excluding carboxylic acids is 1. The molecule has 124 valence electrons. The van der Waals surface area contributed by atoms with Crippen LogP contribution in [0.4, 0.5) is 0 Å². The third-order valence-electron chi connectivity index (χ3n) is 3.59. The van der Waals surface area contributed by atoms with Gasteiger partial charge in [-0.15, -0.1) is 12.4 Å². The van der Waals surface area contributed by atoms with Crippen molar-refractivity contribution in [2.75, 3.05) is 6.54 Å². The van der Waals surface area contributed by atoms with Crippen molar-refractivity contribution in [3.8, 4) is 0 Å². The normalized spacial score (nSPS) is 12.8. The topological polar surface area (TPSA) is 75.3 Å². The monoisotopic (exact) mass is 334 g/mol. The molecule has 2 atom stereocenters. The molecular formula is C18H23ClN2O2. The van der Waals surface area contributed by atoms with Crippen LogP contribution in [0.3, 0.4) is 0 Å². The van der Waals surface area contributed by atoms with Crippen LogP contribution >= 0.6 is 12.4 Å². The maximum Gasteiger partial charge on any atom is 0.222 e. The van der Waals surface area contributed by atoms with Gasteiger partial charge < -0.3 is 16.2 Å². The highest BCUT2D eigenvalue weighted by molar-refractivity contribution is 5.85. The lowest BCUT2D eigenvalue weighted by molar-refractivity contribution is -0.121. The average molecular weight is 335 g/mol. The summed E-state index contributed by atoms with van der Waals surface area (Å²) >= 11 is 0. The van der Waals surface area contributed by atoms with Crippen LogP contribution in [0.1, 0.15) is 35.3 Å². The van der Waals surface area contributed by atoms with E-state index in [1.54, 1.807) is 0 Å². The molecule has 4 nitrogen and oxygen atoms in total. The zero-order chi connectivity index (χ0) is 15.9. The van der Waals surface area contributed by atoms with Gasteiger partial charge in [-0.25, -0.2) is 0 Å². The Labute approximate surface area is 143 Å². The third-order valence-corrected chi connectivity index (χ3v) is 3.59. The van der Waals surface area contributed by atoms with Gasteiger partial charge in [0.1, 0.15) is 0 Å². The van der Waals surface area contributed by atoms with Crippen molar-refractivity contribution < 1.29 is 9.90 Å². The van der Waals surface area contributed by atoms with Gasteiger partial charge >= 0.3 is 0 Å². The van der Waals surface area contributed by atoms with E-state index in [0.29, 0.717) is 0 Å². The molecule has 1 amide bonds. The van der Waals surface area contributed by atoms with E-state index in [9.17, 15) is 9.90 Å². The number of hydrogen-bond acceptors (Lipinski definition) is 3. The first-order valence-electron chi connectivity index (χ1n) is 7.38. The molecule has 0 fully saturated rings.